The molecule has 0 atom stereocenters. The number of aromatic nitrogens is 3. The topological polar surface area (TPSA) is 47.9 Å². The van der Waals surface area contributed by atoms with E-state index >= 15 is 0 Å². The van der Waals surface area contributed by atoms with Crippen LogP contribution in [0.3, 0.4) is 0 Å². The second-order valence-corrected chi connectivity index (χ2v) is 4.49. The molecule has 0 aromatic carbocycles. The van der Waals surface area contributed by atoms with E-state index in [4.69, 9.17) is 4.74 Å². The molecule has 4 heteroatoms. The molecule has 0 N–H and O–H groups in total. The summed E-state index contributed by atoms with van der Waals surface area (Å²) in [5.74, 6) is 1.19. The van der Waals surface area contributed by atoms with Crippen molar-refractivity contribution in [3.8, 4) is 17.4 Å². The van der Waals surface area contributed by atoms with Crippen LogP contribution in [0, 0.1) is 6.92 Å². The second kappa shape index (κ2) is 6.27. The molecule has 0 aliphatic rings. The van der Waals surface area contributed by atoms with Crippen LogP contribution in [0.1, 0.15) is 31.2 Å². The number of hydrogen-bond acceptors (Lipinski definition) is 4. The van der Waals surface area contributed by atoms with Crippen molar-refractivity contribution in [2.24, 2.45) is 0 Å². The van der Waals surface area contributed by atoms with E-state index < -0.39 is 0 Å². The molecule has 0 bridgehead atoms. The zero-order valence-electron chi connectivity index (χ0n) is 11.7. The van der Waals surface area contributed by atoms with Crippen LogP contribution in [0.15, 0.2) is 24.3 Å². The van der Waals surface area contributed by atoms with Gasteiger partial charge in [-0.3, -0.25) is 0 Å². The maximum Gasteiger partial charge on any atom is 0.216 e. The molecular weight excluding hydrogens is 238 g/mol. The van der Waals surface area contributed by atoms with Crippen molar-refractivity contribution < 1.29 is 4.74 Å². The van der Waals surface area contributed by atoms with E-state index in [-0.39, 0.29) is 0 Å². The van der Waals surface area contributed by atoms with Crippen LogP contribution < -0.4 is 4.74 Å². The monoisotopic (exact) mass is 257 g/mol. The van der Waals surface area contributed by atoms with Gasteiger partial charge in [0.25, 0.3) is 0 Å². The first-order chi connectivity index (χ1) is 9.22. The summed E-state index contributed by atoms with van der Waals surface area (Å²) in [6.45, 7) is 4.10. The van der Waals surface area contributed by atoms with Gasteiger partial charge in [-0.05, 0) is 31.9 Å². The van der Waals surface area contributed by atoms with Crippen molar-refractivity contribution in [3.05, 3.63) is 35.7 Å². The smallest absolute Gasteiger partial charge is 0.216 e. The molecule has 0 spiro atoms. The number of methoxy groups -OCH3 is 1. The van der Waals surface area contributed by atoms with E-state index in [1.807, 2.05) is 31.2 Å². The van der Waals surface area contributed by atoms with Crippen LogP contribution in [-0.4, -0.2) is 22.1 Å². The number of aryl methyl sites for hydroxylation is 2. The van der Waals surface area contributed by atoms with Crippen molar-refractivity contribution in [1.29, 1.82) is 0 Å². The van der Waals surface area contributed by atoms with Crippen LogP contribution in [0.2, 0.25) is 0 Å². The fourth-order valence-corrected chi connectivity index (χ4v) is 1.86. The Balaban J connectivity index is 2.32. The van der Waals surface area contributed by atoms with Crippen LogP contribution in [0.5, 0.6) is 5.88 Å². The highest BCUT2D eigenvalue weighted by Gasteiger charge is 2.07. The molecular formula is C15H19N3O. The Kier molecular flexibility index (Phi) is 4.44. The largest absolute Gasteiger partial charge is 0.481 e. The Morgan fingerprint density at radius 1 is 1.16 bits per heavy atom. The average Bonchev–Trinajstić information content (AvgIpc) is 2.44. The molecule has 0 fully saturated rings. The molecule has 2 heterocycles. The number of unbranched alkanes of at least 4 members (excludes halogenated alkanes) is 1. The molecule has 100 valence electrons. The highest BCUT2D eigenvalue weighted by atomic mass is 16.5. The zero-order chi connectivity index (χ0) is 13.7. The van der Waals surface area contributed by atoms with E-state index in [1.54, 1.807) is 7.11 Å². The lowest BCUT2D eigenvalue weighted by atomic mass is 10.2. The minimum Gasteiger partial charge on any atom is -0.481 e. The lowest BCUT2D eigenvalue weighted by molar-refractivity contribution is 0.397. The van der Waals surface area contributed by atoms with Gasteiger partial charge in [0.1, 0.15) is 5.69 Å². The van der Waals surface area contributed by atoms with Gasteiger partial charge < -0.3 is 4.74 Å². The molecule has 0 radical (unpaired) electrons. The van der Waals surface area contributed by atoms with Crippen molar-refractivity contribution in [1.82, 2.24) is 15.0 Å². The molecule has 4 nitrogen and oxygen atoms in total. The normalized spacial score (nSPS) is 10.5. The van der Waals surface area contributed by atoms with Crippen molar-refractivity contribution in [3.63, 3.8) is 0 Å². The lowest BCUT2D eigenvalue weighted by Gasteiger charge is -2.06. The molecule has 0 unspecified atom stereocenters. The molecule has 2 aromatic heterocycles. The van der Waals surface area contributed by atoms with Gasteiger partial charge in [0, 0.05) is 17.5 Å². The Morgan fingerprint density at radius 3 is 2.74 bits per heavy atom. The third kappa shape index (κ3) is 3.50. The summed E-state index contributed by atoms with van der Waals surface area (Å²) in [4.78, 5) is 13.4. The Morgan fingerprint density at radius 2 is 2.00 bits per heavy atom. The zero-order valence-corrected chi connectivity index (χ0v) is 11.7. The van der Waals surface area contributed by atoms with Gasteiger partial charge >= 0.3 is 0 Å². The Hall–Kier alpha value is -1.97. The number of ether oxygens (including phenoxy) is 1. The number of nitrogens with zero attached hydrogens (tertiary/aromatic N) is 3. The highest BCUT2D eigenvalue weighted by Crippen LogP contribution is 2.17. The van der Waals surface area contributed by atoms with E-state index in [0.29, 0.717) is 11.7 Å². The molecule has 19 heavy (non-hydrogen) atoms. The highest BCUT2D eigenvalue weighted by molar-refractivity contribution is 5.50. The quantitative estimate of drug-likeness (QED) is 0.825. The fraction of sp³-hybridized carbons (Fsp3) is 0.400. The molecule has 0 aliphatic carbocycles. The van der Waals surface area contributed by atoms with E-state index in [2.05, 4.69) is 21.9 Å². The summed E-state index contributed by atoms with van der Waals surface area (Å²) in [5.41, 5.74) is 2.77. The third-order valence-corrected chi connectivity index (χ3v) is 2.86. The minimum absolute atomic E-state index is 0.572. The van der Waals surface area contributed by atoms with Crippen LogP contribution >= 0.6 is 0 Å². The van der Waals surface area contributed by atoms with Crippen LogP contribution in [0.4, 0.5) is 0 Å². The summed E-state index contributed by atoms with van der Waals surface area (Å²) in [7, 11) is 1.61. The van der Waals surface area contributed by atoms with E-state index in [9.17, 15) is 0 Å². The minimum atomic E-state index is 0.572. The van der Waals surface area contributed by atoms with Gasteiger partial charge in [-0.1, -0.05) is 19.4 Å². The summed E-state index contributed by atoms with van der Waals surface area (Å²) in [6, 6.07) is 7.80. The predicted molar refractivity (Wildman–Crippen MR) is 75.2 cm³/mol. The number of pyridine rings is 1. The standard InChI is InChI=1S/C15H19N3O/c1-4-5-7-12-8-6-9-13(17-12)15-16-11(2)10-14(18-15)19-3/h6,8-10H,4-5,7H2,1-3H3. The van der Waals surface area contributed by atoms with Crippen molar-refractivity contribution in [2.45, 2.75) is 33.1 Å². The van der Waals surface area contributed by atoms with Gasteiger partial charge in [0.05, 0.1) is 7.11 Å². The SMILES string of the molecule is CCCCc1cccc(-c2nc(C)cc(OC)n2)n1. The molecule has 0 saturated carbocycles. The fourth-order valence-electron chi connectivity index (χ4n) is 1.86. The summed E-state index contributed by atoms with van der Waals surface area (Å²) < 4.78 is 5.17. The first-order valence-electron chi connectivity index (χ1n) is 6.59. The van der Waals surface area contributed by atoms with Crippen molar-refractivity contribution in [2.75, 3.05) is 7.11 Å². The van der Waals surface area contributed by atoms with Gasteiger partial charge in [0.15, 0.2) is 5.82 Å². The molecule has 0 saturated heterocycles. The Labute approximate surface area is 113 Å². The molecule has 2 rings (SSSR count). The summed E-state index contributed by atoms with van der Waals surface area (Å²) in [5, 5.41) is 0. The van der Waals surface area contributed by atoms with Gasteiger partial charge in [-0.2, -0.15) is 4.98 Å². The van der Waals surface area contributed by atoms with Gasteiger partial charge in [-0.25, -0.2) is 9.97 Å². The van der Waals surface area contributed by atoms with Gasteiger partial charge in [0.2, 0.25) is 5.88 Å². The lowest BCUT2D eigenvalue weighted by Crippen LogP contribution is -1.99. The first-order valence-corrected chi connectivity index (χ1v) is 6.59. The summed E-state index contributed by atoms with van der Waals surface area (Å²) in [6.07, 6.45) is 3.31. The number of rotatable bonds is 5. The third-order valence-electron chi connectivity index (χ3n) is 2.86. The first kappa shape index (κ1) is 13.5. The predicted octanol–water partition coefficient (Wildman–Crippen LogP) is 3.20. The second-order valence-electron chi connectivity index (χ2n) is 4.49. The average molecular weight is 257 g/mol. The number of hydrogen-bond donors (Lipinski definition) is 0. The maximum absolute atomic E-state index is 5.17. The van der Waals surface area contributed by atoms with Crippen LogP contribution in [-0.2, 0) is 6.42 Å². The summed E-state index contributed by atoms with van der Waals surface area (Å²) >= 11 is 0. The van der Waals surface area contributed by atoms with Crippen LogP contribution in [0.25, 0.3) is 11.5 Å². The van der Waals surface area contributed by atoms with E-state index in [1.165, 1.54) is 6.42 Å². The molecule has 0 aliphatic heterocycles. The Bertz CT molecular complexity index is 555. The molecule has 2 aromatic rings. The maximum atomic E-state index is 5.17. The van der Waals surface area contributed by atoms with Gasteiger partial charge in [-0.15, -0.1) is 0 Å². The van der Waals surface area contributed by atoms with E-state index in [0.717, 1.165) is 29.9 Å². The molecule has 0 amide bonds. The van der Waals surface area contributed by atoms with Crippen molar-refractivity contribution >= 4 is 0 Å².